The monoisotopic (exact) mass is 373 g/mol. The second-order valence-electron chi connectivity index (χ2n) is 4.35. The molecule has 0 saturated heterocycles. The number of carbonyl (C=O) groups is 1. The van der Waals surface area contributed by atoms with Crippen molar-refractivity contribution in [1.82, 2.24) is 14.8 Å². The Morgan fingerprint density at radius 1 is 1.17 bits per heavy atom. The molecule has 0 N–H and O–H groups in total. The fraction of sp³-hybridized carbons (Fsp3) is 0.250. The van der Waals surface area contributed by atoms with Gasteiger partial charge in [0.2, 0.25) is 0 Å². The Balaban J connectivity index is 2.63. The summed E-state index contributed by atoms with van der Waals surface area (Å²) in [5, 5.41) is 2.43. The maximum atomic E-state index is 12.8. The Morgan fingerprint density at radius 2 is 1.79 bits per heavy atom. The van der Waals surface area contributed by atoms with E-state index in [4.69, 9.17) is 11.6 Å². The summed E-state index contributed by atoms with van der Waals surface area (Å²) in [5.41, 5.74) is -3.71. The molecule has 0 aromatic carbocycles. The molecule has 24 heavy (non-hydrogen) atoms. The lowest BCUT2D eigenvalue weighted by Gasteiger charge is -2.09. The molecule has 5 nitrogen and oxygen atoms in total. The number of aromatic nitrogens is 3. The molecule has 0 aliphatic rings. The second-order valence-corrected chi connectivity index (χ2v) is 4.75. The van der Waals surface area contributed by atoms with E-state index in [1.807, 2.05) is 0 Å². The number of hydrogen-bond donors (Lipinski definition) is 0. The summed E-state index contributed by atoms with van der Waals surface area (Å²) in [7, 11) is 0.892. The average molecular weight is 374 g/mol. The molecule has 2 aromatic rings. The van der Waals surface area contributed by atoms with E-state index in [0.717, 1.165) is 7.11 Å². The molecule has 2 aromatic heterocycles. The molecule has 130 valence electrons. The van der Waals surface area contributed by atoms with Gasteiger partial charge < -0.3 is 4.74 Å². The van der Waals surface area contributed by atoms with E-state index in [-0.39, 0.29) is 4.68 Å². The molecule has 0 fully saturated rings. The Bertz CT molecular complexity index is 784. The Hall–Kier alpha value is -2.30. The lowest BCUT2D eigenvalue weighted by atomic mass is 10.2. The topological polar surface area (TPSA) is 57.0 Å². The number of pyridine rings is 1. The van der Waals surface area contributed by atoms with Crippen LogP contribution in [-0.4, -0.2) is 28.0 Å². The van der Waals surface area contributed by atoms with Crippen LogP contribution < -0.4 is 0 Å². The molecule has 0 atom stereocenters. The normalized spacial score (nSPS) is 12.3. The highest BCUT2D eigenvalue weighted by Gasteiger charge is 2.37. The molecule has 0 amide bonds. The van der Waals surface area contributed by atoms with Crippen LogP contribution in [0.15, 0.2) is 18.3 Å². The third kappa shape index (κ3) is 3.45. The quantitative estimate of drug-likeness (QED) is 0.701. The van der Waals surface area contributed by atoms with Gasteiger partial charge in [-0.25, -0.2) is 4.79 Å². The van der Waals surface area contributed by atoms with E-state index in [1.54, 1.807) is 0 Å². The van der Waals surface area contributed by atoms with Gasteiger partial charge >= 0.3 is 18.4 Å². The smallest absolute Gasteiger partial charge is 0.435 e. The Labute approximate surface area is 134 Å². The summed E-state index contributed by atoms with van der Waals surface area (Å²) < 4.78 is 80.5. The van der Waals surface area contributed by atoms with Gasteiger partial charge in [0.1, 0.15) is 11.4 Å². The highest BCUT2D eigenvalue weighted by molar-refractivity contribution is 6.33. The van der Waals surface area contributed by atoms with Crippen LogP contribution >= 0.6 is 11.6 Å². The molecule has 0 aliphatic heterocycles. The number of rotatable bonds is 1. The van der Waals surface area contributed by atoms with E-state index in [2.05, 4.69) is 14.8 Å². The maximum absolute atomic E-state index is 12.8. The van der Waals surface area contributed by atoms with E-state index in [1.165, 1.54) is 0 Å². The van der Waals surface area contributed by atoms with Crippen LogP contribution in [-0.2, 0) is 17.1 Å². The molecule has 0 radical (unpaired) electrons. The fourth-order valence-corrected chi connectivity index (χ4v) is 1.96. The molecule has 0 aliphatic carbocycles. The molecular formula is C12H6ClF6N3O2. The number of halogens is 7. The summed E-state index contributed by atoms with van der Waals surface area (Å²) >= 11 is 5.68. The van der Waals surface area contributed by atoms with Gasteiger partial charge in [0.15, 0.2) is 5.69 Å². The molecule has 2 heterocycles. The minimum atomic E-state index is -4.90. The van der Waals surface area contributed by atoms with Crippen molar-refractivity contribution in [3.05, 3.63) is 34.6 Å². The first-order valence-corrected chi connectivity index (χ1v) is 6.31. The van der Waals surface area contributed by atoms with Crippen molar-refractivity contribution < 1.29 is 35.9 Å². The van der Waals surface area contributed by atoms with Crippen LogP contribution in [0.25, 0.3) is 11.4 Å². The molecule has 12 heteroatoms. The lowest BCUT2D eigenvalue weighted by Crippen LogP contribution is -2.16. The van der Waals surface area contributed by atoms with Crippen LogP contribution in [0.1, 0.15) is 11.3 Å². The van der Waals surface area contributed by atoms with Crippen LogP contribution in [0, 0.1) is 0 Å². The predicted octanol–water partition coefficient (Wildman–Crippen LogP) is 4.25. The van der Waals surface area contributed by atoms with Crippen LogP contribution in [0.3, 0.4) is 0 Å². The Morgan fingerprint density at radius 3 is 2.25 bits per heavy atom. The van der Waals surface area contributed by atoms with Gasteiger partial charge in [-0.2, -0.15) is 36.1 Å². The minimum absolute atomic E-state index is 0.213. The zero-order valence-corrected chi connectivity index (χ0v) is 12.3. The molecule has 0 saturated carbocycles. The predicted molar refractivity (Wildman–Crippen MR) is 68.3 cm³/mol. The summed E-state index contributed by atoms with van der Waals surface area (Å²) in [6.45, 7) is 0. The second kappa shape index (κ2) is 5.96. The largest absolute Gasteiger partial charge is 0.451 e. The summed E-state index contributed by atoms with van der Waals surface area (Å²) in [5.74, 6) is 0. The van der Waals surface area contributed by atoms with Gasteiger partial charge in [0, 0.05) is 6.20 Å². The third-order valence-electron chi connectivity index (χ3n) is 2.76. The van der Waals surface area contributed by atoms with Crippen LogP contribution in [0.4, 0.5) is 31.1 Å². The first-order chi connectivity index (χ1) is 10.9. The molecular weight excluding hydrogens is 368 g/mol. The van der Waals surface area contributed by atoms with Crippen molar-refractivity contribution >= 4 is 17.7 Å². The number of hydrogen-bond acceptors (Lipinski definition) is 4. The molecule has 0 unspecified atom stereocenters. The van der Waals surface area contributed by atoms with Gasteiger partial charge in [0.05, 0.1) is 17.7 Å². The fourth-order valence-electron chi connectivity index (χ4n) is 1.70. The van der Waals surface area contributed by atoms with Crippen molar-refractivity contribution in [3.8, 4) is 11.4 Å². The SMILES string of the molecule is COC(=O)n1nc(C(F)(F)F)cc1-c1ncc(C(F)(F)F)cc1Cl. The summed E-state index contributed by atoms with van der Waals surface area (Å²) in [6, 6.07) is 0.907. The molecule has 0 spiro atoms. The number of ether oxygens (including phenoxy) is 1. The number of alkyl halides is 6. The van der Waals surface area contributed by atoms with E-state index in [0.29, 0.717) is 18.3 Å². The van der Waals surface area contributed by atoms with Gasteiger partial charge in [-0.3, -0.25) is 4.98 Å². The van der Waals surface area contributed by atoms with Crippen LogP contribution in [0.5, 0.6) is 0 Å². The van der Waals surface area contributed by atoms with Gasteiger partial charge in [0.25, 0.3) is 0 Å². The van der Waals surface area contributed by atoms with Crippen molar-refractivity contribution in [2.24, 2.45) is 0 Å². The summed E-state index contributed by atoms with van der Waals surface area (Å²) in [4.78, 5) is 14.9. The summed E-state index contributed by atoms with van der Waals surface area (Å²) in [6.07, 6.45) is -10.6. The Kier molecular flexibility index (Phi) is 4.48. The van der Waals surface area contributed by atoms with Gasteiger partial charge in [-0.15, -0.1) is 0 Å². The van der Waals surface area contributed by atoms with Crippen molar-refractivity contribution in [2.75, 3.05) is 7.11 Å². The van der Waals surface area contributed by atoms with Crippen molar-refractivity contribution in [3.63, 3.8) is 0 Å². The number of methoxy groups -OCH3 is 1. The number of carbonyl (C=O) groups excluding carboxylic acids is 1. The highest BCUT2D eigenvalue weighted by atomic mass is 35.5. The third-order valence-corrected chi connectivity index (χ3v) is 3.05. The zero-order chi connectivity index (χ0) is 18.3. The van der Waals surface area contributed by atoms with Gasteiger partial charge in [-0.05, 0) is 12.1 Å². The first kappa shape index (κ1) is 18.0. The van der Waals surface area contributed by atoms with Crippen LogP contribution in [0.2, 0.25) is 5.02 Å². The first-order valence-electron chi connectivity index (χ1n) is 5.94. The van der Waals surface area contributed by atoms with E-state index < -0.39 is 46.1 Å². The van der Waals surface area contributed by atoms with Crippen molar-refractivity contribution in [2.45, 2.75) is 12.4 Å². The standard InChI is InChI=1S/C12H6ClF6N3O2/c1-24-10(23)22-7(3-8(21-22)12(17,18)19)9-6(13)2-5(4-20-9)11(14,15)16/h2-4H,1H3. The highest BCUT2D eigenvalue weighted by Crippen LogP contribution is 2.36. The maximum Gasteiger partial charge on any atom is 0.435 e. The average Bonchev–Trinajstić information content (AvgIpc) is 2.90. The van der Waals surface area contributed by atoms with Gasteiger partial charge in [-0.1, -0.05) is 11.6 Å². The zero-order valence-electron chi connectivity index (χ0n) is 11.5. The lowest BCUT2D eigenvalue weighted by molar-refractivity contribution is -0.141. The van der Waals surface area contributed by atoms with Crippen molar-refractivity contribution in [1.29, 1.82) is 0 Å². The van der Waals surface area contributed by atoms with E-state index >= 15 is 0 Å². The minimum Gasteiger partial charge on any atom is -0.451 e. The molecule has 0 bridgehead atoms. The number of nitrogens with zero attached hydrogens (tertiary/aromatic N) is 3. The molecule has 2 rings (SSSR count). The van der Waals surface area contributed by atoms with E-state index in [9.17, 15) is 31.1 Å².